The second kappa shape index (κ2) is 8.83. The van der Waals surface area contributed by atoms with Gasteiger partial charge in [-0.2, -0.15) is 11.3 Å². The van der Waals surface area contributed by atoms with Crippen LogP contribution in [0.4, 0.5) is 10.5 Å². The Morgan fingerprint density at radius 2 is 2.00 bits per heavy atom. The fourth-order valence-corrected chi connectivity index (χ4v) is 3.91. The average molecular weight is 427 g/mol. The van der Waals surface area contributed by atoms with E-state index in [0.29, 0.717) is 5.56 Å². The number of carboxylic acid groups (broad SMARTS) is 1. The molecule has 0 fully saturated rings. The van der Waals surface area contributed by atoms with E-state index in [1.54, 1.807) is 23.5 Å². The van der Waals surface area contributed by atoms with Crippen LogP contribution in [0.3, 0.4) is 0 Å². The SMILES string of the molecule is Cc1cscc1-c1cccc(C(CC(=O)O)NC(=O)Nc2c(O)ccn(C)c2=O)c1. The molecule has 1 unspecified atom stereocenters. The number of amides is 2. The number of nitrogens with zero attached hydrogens (tertiary/aromatic N) is 1. The van der Waals surface area contributed by atoms with Gasteiger partial charge >= 0.3 is 12.0 Å². The van der Waals surface area contributed by atoms with Gasteiger partial charge in [0.1, 0.15) is 5.75 Å². The number of urea groups is 1. The summed E-state index contributed by atoms with van der Waals surface area (Å²) in [7, 11) is 1.48. The van der Waals surface area contributed by atoms with Crippen molar-refractivity contribution in [3.8, 4) is 16.9 Å². The summed E-state index contributed by atoms with van der Waals surface area (Å²) in [6.45, 7) is 1.99. The van der Waals surface area contributed by atoms with Crippen LogP contribution in [-0.4, -0.2) is 26.8 Å². The van der Waals surface area contributed by atoms with Crippen LogP contribution < -0.4 is 16.2 Å². The molecule has 2 amide bonds. The molecule has 0 spiro atoms. The predicted octanol–water partition coefficient (Wildman–Crippen LogP) is 3.47. The van der Waals surface area contributed by atoms with Crippen LogP contribution >= 0.6 is 11.3 Å². The summed E-state index contributed by atoms with van der Waals surface area (Å²) in [6.07, 6.45) is 1.02. The molecule has 0 aliphatic rings. The number of rotatable bonds is 6. The smallest absolute Gasteiger partial charge is 0.319 e. The fourth-order valence-electron chi connectivity index (χ4n) is 3.05. The number of nitrogens with one attached hydrogen (secondary N) is 2. The van der Waals surface area contributed by atoms with E-state index >= 15 is 0 Å². The molecule has 3 rings (SSSR count). The van der Waals surface area contributed by atoms with Crippen LogP contribution in [0.1, 0.15) is 23.6 Å². The van der Waals surface area contributed by atoms with Crippen LogP contribution in [0.15, 0.2) is 52.1 Å². The van der Waals surface area contributed by atoms with E-state index in [2.05, 4.69) is 10.6 Å². The van der Waals surface area contributed by atoms with Crippen molar-refractivity contribution in [1.29, 1.82) is 0 Å². The number of hydrogen-bond acceptors (Lipinski definition) is 5. The standard InChI is InChI=1S/C21H21N3O5S/c1-12-10-30-11-15(12)13-4-3-5-14(8-13)16(9-18(26)27)22-21(29)23-19-17(25)6-7-24(2)20(19)28/h3-8,10-11,16,25H,9H2,1-2H3,(H,26,27)(H2,22,23,29). The first-order valence-corrected chi connectivity index (χ1v) is 10.0. The van der Waals surface area contributed by atoms with Crippen LogP contribution in [0.5, 0.6) is 5.75 Å². The molecule has 2 heterocycles. The zero-order chi connectivity index (χ0) is 21.8. The highest BCUT2D eigenvalue weighted by atomic mass is 32.1. The second-order valence-corrected chi connectivity index (χ2v) is 7.58. The second-order valence-electron chi connectivity index (χ2n) is 6.83. The van der Waals surface area contributed by atoms with Crippen molar-refractivity contribution in [3.63, 3.8) is 0 Å². The Labute approximate surface area is 176 Å². The quantitative estimate of drug-likeness (QED) is 0.480. The summed E-state index contributed by atoms with van der Waals surface area (Å²) in [6, 6.07) is 6.93. The molecule has 1 atom stereocenters. The highest BCUT2D eigenvalue weighted by molar-refractivity contribution is 7.08. The van der Waals surface area contributed by atoms with Crippen LogP contribution in [0.25, 0.3) is 11.1 Å². The number of carbonyl (C=O) groups excluding carboxylic acids is 1. The Balaban J connectivity index is 1.86. The lowest BCUT2D eigenvalue weighted by Crippen LogP contribution is -2.35. The van der Waals surface area contributed by atoms with Gasteiger partial charge in [0.05, 0.1) is 12.5 Å². The number of carbonyl (C=O) groups is 2. The van der Waals surface area contributed by atoms with E-state index in [1.807, 2.05) is 29.8 Å². The lowest BCUT2D eigenvalue weighted by molar-refractivity contribution is -0.137. The highest BCUT2D eigenvalue weighted by Gasteiger charge is 2.20. The zero-order valence-corrected chi connectivity index (χ0v) is 17.2. The number of aromatic hydroxyl groups is 1. The summed E-state index contributed by atoms with van der Waals surface area (Å²) in [5.41, 5.74) is 2.80. The molecular formula is C21H21N3O5S. The van der Waals surface area contributed by atoms with Gasteiger partial charge in [-0.25, -0.2) is 4.79 Å². The minimum absolute atomic E-state index is 0.283. The predicted molar refractivity (Wildman–Crippen MR) is 115 cm³/mol. The van der Waals surface area contributed by atoms with Crippen molar-refractivity contribution in [2.45, 2.75) is 19.4 Å². The summed E-state index contributed by atoms with van der Waals surface area (Å²) < 4.78 is 1.21. The highest BCUT2D eigenvalue weighted by Crippen LogP contribution is 2.29. The molecule has 3 aromatic rings. The maximum absolute atomic E-state index is 12.5. The number of aryl methyl sites for hydroxylation is 2. The third-order valence-corrected chi connectivity index (χ3v) is 5.49. The Bertz CT molecular complexity index is 1150. The van der Waals surface area contributed by atoms with Crippen molar-refractivity contribution < 1.29 is 19.8 Å². The van der Waals surface area contributed by atoms with E-state index in [9.17, 15) is 24.6 Å². The first kappa shape index (κ1) is 21.1. The number of thiophene rings is 1. The van der Waals surface area contributed by atoms with Gasteiger partial charge in [0.25, 0.3) is 5.56 Å². The van der Waals surface area contributed by atoms with E-state index in [0.717, 1.165) is 16.7 Å². The number of hydrogen-bond donors (Lipinski definition) is 4. The van der Waals surface area contributed by atoms with Gasteiger partial charge in [-0.15, -0.1) is 0 Å². The van der Waals surface area contributed by atoms with Crippen LogP contribution in [0, 0.1) is 6.92 Å². The van der Waals surface area contributed by atoms with Gasteiger partial charge in [-0.1, -0.05) is 18.2 Å². The fraction of sp³-hybridized carbons (Fsp3) is 0.190. The minimum atomic E-state index is -1.09. The van der Waals surface area contributed by atoms with Gasteiger partial charge in [-0.05, 0) is 52.1 Å². The number of anilines is 1. The molecule has 0 saturated carbocycles. The van der Waals surface area contributed by atoms with Crippen LogP contribution in [0.2, 0.25) is 0 Å². The van der Waals surface area contributed by atoms with E-state index in [4.69, 9.17) is 0 Å². The monoisotopic (exact) mass is 427 g/mol. The van der Waals surface area contributed by atoms with Crippen LogP contribution in [-0.2, 0) is 11.8 Å². The third-order valence-electron chi connectivity index (χ3n) is 4.62. The summed E-state index contributed by atoms with van der Waals surface area (Å²) in [5, 5.41) is 28.1. The maximum atomic E-state index is 12.5. The topological polar surface area (TPSA) is 121 Å². The van der Waals surface area contributed by atoms with Gasteiger partial charge in [0.15, 0.2) is 5.69 Å². The lowest BCUT2D eigenvalue weighted by Gasteiger charge is -2.19. The number of carboxylic acids is 1. The molecule has 2 aromatic heterocycles. The lowest BCUT2D eigenvalue weighted by atomic mass is 9.98. The molecule has 0 aliphatic carbocycles. The molecular weight excluding hydrogens is 406 g/mol. The number of aromatic nitrogens is 1. The van der Waals surface area contributed by atoms with Gasteiger partial charge in [0, 0.05) is 13.2 Å². The summed E-state index contributed by atoms with van der Waals surface area (Å²) in [5.74, 6) is -1.46. The number of benzene rings is 1. The largest absolute Gasteiger partial charge is 0.505 e. The maximum Gasteiger partial charge on any atom is 0.319 e. The molecule has 156 valence electrons. The Kier molecular flexibility index (Phi) is 6.22. The van der Waals surface area contributed by atoms with Crippen molar-refractivity contribution in [2.75, 3.05) is 5.32 Å². The Morgan fingerprint density at radius 1 is 1.23 bits per heavy atom. The summed E-state index contributed by atoms with van der Waals surface area (Å²) >= 11 is 1.57. The normalized spacial score (nSPS) is 11.7. The van der Waals surface area contributed by atoms with Crippen molar-refractivity contribution in [3.05, 3.63) is 68.8 Å². The Morgan fingerprint density at radius 3 is 2.67 bits per heavy atom. The minimum Gasteiger partial charge on any atom is -0.505 e. The van der Waals surface area contributed by atoms with E-state index in [1.165, 1.54) is 23.9 Å². The average Bonchev–Trinajstić information content (AvgIpc) is 3.13. The molecule has 0 saturated heterocycles. The van der Waals surface area contributed by atoms with Crippen molar-refractivity contribution in [1.82, 2.24) is 9.88 Å². The van der Waals surface area contributed by atoms with Gasteiger partial charge in [0.2, 0.25) is 0 Å². The molecule has 0 radical (unpaired) electrons. The molecule has 1 aromatic carbocycles. The van der Waals surface area contributed by atoms with E-state index < -0.39 is 23.6 Å². The Hall–Kier alpha value is -3.59. The molecule has 9 heteroatoms. The molecule has 8 nitrogen and oxygen atoms in total. The number of pyridine rings is 1. The van der Waals surface area contributed by atoms with E-state index in [-0.39, 0.29) is 17.9 Å². The van der Waals surface area contributed by atoms with Gasteiger partial charge < -0.3 is 25.4 Å². The molecule has 4 N–H and O–H groups in total. The number of aliphatic carboxylic acids is 1. The molecule has 0 bridgehead atoms. The summed E-state index contributed by atoms with van der Waals surface area (Å²) in [4.78, 5) is 36.0. The van der Waals surface area contributed by atoms with Crippen molar-refractivity contribution >= 4 is 29.0 Å². The molecule has 30 heavy (non-hydrogen) atoms. The zero-order valence-electron chi connectivity index (χ0n) is 16.4. The molecule has 0 aliphatic heterocycles. The van der Waals surface area contributed by atoms with Gasteiger partial charge in [-0.3, -0.25) is 9.59 Å². The first-order chi connectivity index (χ1) is 14.3. The third kappa shape index (κ3) is 4.69. The van der Waals surface area contributed by atoms with Crippen molar-refractivity contribution in [2.24, 2.45) is 7.05 Å². The first-order valence-electron chi connectivity index (χ1n) is 9.07.